The highest BCUT2D eigenvalue weighted by Gasteiger charge is 2.37. The lowest BCUT2D eigenvalue weighted by molar-refractivity contribution is 0.0397. The summed E-state index contributed by atoms with van der Waals surface area (Å²) < 4.78 is 11.0. The second-order valence-electron chi connectivity index (χ2n) is 4.47. The molecule has 0 fully saturated rings. The first-order valence-electron chi connectivity index (χ1n) is 5.85. The van der Waals surface area contributed by atoms with E-state index in [1.54, 1.807) is 0 Å². The third-order valence-corrected chi connectivity index (χ3v) is 3.20. The maximum Gasteiger partial charge on any atom is 0.163 e. The van der Waals surface area contributed by atoms with Gasteiger partial charge in [-0.1, -0.05) is 6.58 Å². The number of phenolic OH excluding ortho intramolecular Hbond substituents is 1. The van der Waals surface area contributed by atoms with Crippen LogP contribution >= 0.6 is 0 Å². The molecule has 2 rings (SSSR count). The molecular weight excluding hydrogens is 248 g/mol. The van der Waals surface area contributed by atoms with E-state index in [4.69, 9.17) is 14.6 Å². The van der Waals surface area contributed by atoms with Crippen molar-refractivity contribution >= 4 is 5.78 Å². The Hall–Kier alpha value is -1.85. The lowest BCUT2D eigenvalue weighted by Crippen LogP contribution is -2.23. The topological polar surface area (TPSA) is 76.0 Å². The van der Waals surface area contributed by atoms with Crippen LogP contribution in [0.4, 0.5) is 0 Å². The molecule has 0 unspecified atom stereocenters. The number of aliphatic hydroxyl groups is 1. The predicted molar refractivity (Wildman–Crippen MR) is 68.5 cm³/mol. The van der Waals surface area contributed by atoms with E-state index in [1.165, 1.54) is 26.2 Å². The van der Waals surface area contributed by atoms with Crippen molar-refractivity contribution in [2.45, 2.75) is 19.1 Å². The SMILES string of the molecule is C=C(CO)[C@@H]1Oc2cc(C(C)=O)c(O)cc2[C@@H]1OC. The van der Waals surface area contributed by atoms with Crippen LogP contribution in [0.5, 0.6) is 11.5 Å². The van der Waals surface area contributed by atoms with Crippen LogP contribution in [-0.4, -0.2) is 35.8 Å². The van der Waals surface area contributed by atoms with Crippen LogP contribution in [0.1, 0.15) is 28.9 Å². The molecule has 0 spiro atoms. The van der Waals surface area contributed by atoms with Crippen molar-refractivity contribution < 1.29 is 24.5 Å². The fourth-order valence-electron chi connectivity index (χ4n) is 2.19. The summed E-state index contributed by atoms with van der Waals surface area (Å²) in [6, 6.07) is 2.95. The van der Waals surface area contributed by atoms with Crippen LogP contribution in [0, 0.1) is 0 Å². The van der Waals surface area contributed by atoms with E-state index in [-0.39, 0.29) is 23.7 Å². The summed E-state index contributed by atoms with van der Waals surface area (Å²) in [5, 5.41) is 19.0. The third kappa shape index (κ3) is 2.22. The summed E-state index contributed by atoms with van der Waals surface area (Å²) >= 11 is 0. The van der Waals surface area contributed by atoms with E-state index in [0.717, 1.165) is 0 Å². The number of fused-ring (bicyclic) bond motifs is 1. The zero-order valence-electron chi connectivity index (χ0n) is 10.8. The van der Waals surface area contributed by atoms with Gasteiger partial charge in [0.2, 0.25) is 0 Å². The first kappa shape index (κ1) is 13.6. The zero-order valence-corrected chi connectivity index (χ0v) is 10.8. The minimum atomic E-state index is -0.522. The third-order valence-electron chi connectivity index (χ3n) is 3.20. The number of ketones is 1. The van der Waals surface area contributed by atoms with E-state index < -0.39 is 12.2 Å². The Balaban J connectivity index is 2.46. The lowest BCUT2D eigenvalue weighted by Gasteiger charge is -2.18. The number of hydrogen-bond donors (Lipinski definition) is 2. The number of aliphatic hydroxyl groups excluding tert-OH is 1. The Morgan fingerprint density at radius 1 is 1.53 bits per heavy atom. The van der Waals surface area contributed by atoms with Crippen molar-refractivity contribution in [1.82, 2.24) is 0 Å². The average molecular weight is 264 g/mol. The zero-order chi connectivity index (χ0) is 14.2. The molecule has 0 aliphatic carbocycles. The van der Waals surface area contributed by atoms with E-state index in [1.807, 2.05) is 0 Å². The van der Waals surface area contributed by atoms with Gasteiger partial charge in [-0.15, -0.1) is 0 Å². The van der Waals surface area contributed by atoms with E-state index >= 15 is 0 Å². The van der Waals surface area contributed by atoms with Crippen LogP contribution in [0.2, 0.25) is 0 Å². The average Bonchev–Trinajstić information content (AvgIpc) is 2.73. The highest BCUT2D eigenvalue weighted by atomic mass is 16.5. The van der Waals surface area contributed by atoms with Crippen molar-refractivity contribution in [3.05, 3.63) is 35.4 Å². The number of carbonyl (C=O) groups excluding carboxylic acids is 1. The van der Waals surface area contributed by atoms with Crippen molar-refractivity contribution in [3.8, 4) is 11.5 Å². The summed E-state index contributed by atoms with van der Waals surface area (Å²) in [6.45, 7) is 4.88. The first-order valence-corrected chi connectivity index (χ1v) is 5.85. The van der Waals surface area contributed by atoms with Gasteiger partial charge < -0.3 is 19.7 Å². The standard InChI is InChI=1S/C14H16O5/c1-7(6-15)13-14(18-3)10-4-11(17)9(8(2)16)5-12(10)19-13/h4-5,13-15,17H,1,6H2,2-3H3/t13-,14-/m0/s1. The van der Waals surface area contributed by atoms with Crippen LogP contribution in [-0.2, 0) is 4.74 Å². The molecular formula is C14H16O5. The summed E-state index contributed by atoms with van der Waals surface area (Å²) in [4.78, 5) is 11.4. The molecule has 5 heteroatoms. The number of aromatic hydroxyl groups is 1. The number of ether oxygens (including phenoxy) is 2. The minimum Gasteiger partial charge on any atom is -0.507 e. The Kier molecular flexibility index (Phi) is 3.59. The molecule has 0 aromatic heterocycles. The van der Waals surface area contributed by atoms with Gasteiger partial charge in [0.25, 0.3) is 0 Å². The van der Waals surface area contributed by atoms with Gasteiger partial charge in [0, 0.05) is 12.7 Å². The first-order chi connectivity index (χ1) is 8.99. The molecule has 5 nitrogen and oxygen atoms in total. The Bertz CT molecular complexity index is 535. The lowest BCUT2D eigenvalue weighted by atomic mass is 9.99. The Morgan fingerprint density at radius 2 is 2.21 bits per heavy atom. The van der Waals surface area contributed by atoms with Gasteiger partial charge in [0.1, 0.15) is 17.6 Å². The molecule has 1 heterocycles. The molecule has 2 N–H and O–H groups in total. The Morgan fingerprint density at radius 3 is 2.74 bits per heavy atom. The molecule has 1 aromatic rings. The summed E-state index contributed by atoms with van der Waals surface area (Å²) in [5.74, 6) is 0.115. The minimum absolute atomic E-state index is 0.104. The molecule has 1 aliphatic rings. The summed E-state index contributed by atoms with van der Waals surface area (Å²) in [5.41, 5.74) is 1.32. The van der Waals surface area contributed by atoms with Crippen molar-refractivity contribution in [1.29, 1.82) is 0 Å². The Labute approximate surface area is 111 Å². The fourth-order valence-corrected chi connectivity index (χ4v) is 2.19. The normalized spacial score (nSPS) is 20.8. The second-order valence-corrected chi connectivity index (χ2v) is 4.47. The quantitative estimate of drug-likeness (QED) is 0.638. The molecule has 0 radical (unpaired) electrons. The monoisotopic (exact) mass is 264 g/mol. The molecule has 2 atom stereocenters. The smallest absolute Gasteiger partial charge is 0.163 e. The predicted octanol–water partition coefficient (Wildman–Crippen LogP) is 1.59. The number of methoxy groups -OCH3 is 1. The van der Waals surface area contributed by atoms with Crippen molar-refractivity contribution in [2.75, 3.05) is 13.7 Å². The van der Waals surface area contributed by atoms with Gasteiger partial charge in [0.15, 0.2) is 11.9 Å². The van der Waals surface area contributed by atoms with Gasteiger partial charge in [-0.05, 0) is 24.6 Å². The molecule has 0 amide bonds. The van der Waals surface area contributed by atoms with Gasteiger partial charge in [-0.25, -0.2) is 0 Å². The molecule has 0 saturated heterocycles. The highest BCUT2D eigenvalue weighted by molar-refractivity contribution is 5.97. The van der Waals surface area contributed by atoms with Crippen LogP contribution in [0.15, 0.2) is 24.3 Å². The van der Waals surface area contributed by atoms with Crippen molar-refractivity contribution in [3.63, 3.8) is 0 Å². The van der Waals surface area contributed by atoms with E-state index in [0.29, 0.717) is 16.9 Å². The molecule has 19 heavy (non-hydrogen) atoms. The molecule has 1 aliphatic heterocycles. The maximum atomic E-state index is 11.4. The number of phenols is 1. The number of rotatable bonds is 4. The summed E-state index contributed by atoms with van der Waals surface area (Å²) in [6.07, 6.45) is -0.979. The molecule has 0 bridgehead atoms. The van der Waals surface area contributed by atoms with E-state index in [9.17, 15) is 9.90 Å². The van der Waals surface area contributed by atoms with E-state index in [2.05, 4.69) is 6.58 Å². The van der Waals surface area contributed by atoms with Crippen LogP contribution < -0.4 is 4.74 Å². The molecule has 102 valence electrons. The maximum absolute atomic E-state index is 11.4. The highest BCUT2D eigenvalue weighted by Crippen LogP contribution is 2.43. The number of carbonyl (C=O) groups is 1. The molecule has 0 saturated carbocycles. The fraction of sp³-hybridized carbons (Fsp3) is 0.357. The van der Waals surface area contributed by atoms with Gasteiger partial charge in [-0.2, -0.15) is 0 Å². The number of hydrogen-bond acceptors (Lipinski definition) is 5. The second kappa shape index (κ2) is 5.03. The summed E-state index contributed by atoms with van der Waals surface area (Å²) in [7, 11) is 1.51. The van der Waals surface area contributed by atoms with Crippen molar-refractivity contribution in [2.24, 2.45) is 0 Å². The number of benzene rings is 1. The number of Topliss-reactive ketones (excluding diaryl/α,β-unsaturated/α-hetero) is 1. The largest absolute Gasteiger partial charge is 0.507 e. The van der Waals surface area contributed by atoms with Crippen LogP contribution in [0.3, 0.4) is 0 Å². The van der Waals surface area contributed by atoms with Crippen LogP contribution in [0.25, 0.3) is 0 Å². The van der Waals surface area contributed by atoms with Gasteiger partial charge in [-0.3, -0.25) is 4.79 Å². The molecule has 1 aromatic carbocycles. The van der Waals surface area contributed by atoms with Gasteiger partial charge in [0.05, 0.1) is 12.2 Å². The van der Waals surface area contributed by atoms with Gasteiger partial charge >= 0.3 is 0 Å².